The Morgan fingerprint density at radius 3 is 2.65 bits per heavy atom. The molecular formula is C20H20ClNO4. The number of halogens is 1. The fourth-order valence-electron chi connectivity index (χ4n) is 2.28. The SMILES string of the molecule is CCOc1cc(C#N)cc(Cl)c1OC(=O)CCCOc1ccccc1C. The number of rotatable bonds is 8. The molecule has 2 rings (SSSR count). The number of hydrogen-bond donors (Lipinski definition) is 0. The lowest BCUT2D eigenvalue weighted by atomic mass is 10.2. The van der Waals surface area contributed by atoms with E-state index in [0.717, 1.165) is 11.3 Å². The zero-order chi connectivity index (χ0) is 18.9. The van der Waals surface area contributed by atoms with E-state index in [1.807, 2.05) is 37.3 Å². The second-order valence-electron chi connectivity index (χ2n) is 5.52. The van der Waals surface area contributed by atoms with E-state index in [-0.39, 0.29) is 22.9 Å². The third-order valence-corrected chi connectivity index (χ3v) is 3.81. The maximum absolute atomic E-state index is 12.1. The van der Waals surface area contributed by atoms with Gasteiger partial charge in [0.25, 0.3) is 0 Å². The molecule has 2 aromatic carbocycles. The summed E-state index contributed by atoms with van der Waals surface area (Å²) in [5, 5.41) is 9.16. The Morgan fingerprint density at radius 1 is 1.19 bits per heavy atom. The van der Waals surface area contributed by atoms with Gasteiger partial charge in [-0.15, -0.1) is 0 Å². The summed E-state index contributed by atoms with van der Waals surface area (Å²) in [6, 6.07) is 12.6. The van der Waals surface area contributed by atoms with Crippen LogP contribution in [0.3, 0.4) is 0 Å². The smallest absolute Gasteiger partial charge is 0.311 e. The number of carbonyl (C=O) groups is 1. The standard InChI is InChI=1S/C20H20ClNO4/c1-3-24-18-12-15(13-22)11-16(21)20(18)26-19(23)9-6-10-25-17-8-5-4-7-14(17)2/h4-5,7-8,11-12H,3,6,9-10H2,1-2H3. The van der Waals surface area contributed by atoms with Crippen LogP contribution in [0.5, 0.6) is 17.2 Å². The van der Waals surface area contributed by atoms with Crippen LogP contribution in [-0.4, -0.2) is 19.2 Å². The van der Waals surface area contributed by atoms with Gasteiger partial charge in [-0.1, -0.05) is 29.8 Å². The lowest BCUT2D eigenvalue weighted by molar-refractivity contribution is -0.134. The van der Waals surface area contributed by atoms with Gasteiger partial charge in [0.2, 0.25) is 0 Å². The van der Waals surface area contributed by atoms with E-state index in [1.165, 1.54) is 12.1 Å². The molecule has 0 fully saturated rings. The van der Waals surface area contributed by atoms with E-state index >= 15 is 0 Å². The van der Waals surface area contributed by atoms with Crippen LogP contribution < -0.4 is 14.2 Å². The molecule has 136 valence electrons. The molecule has 0 N–H and O–H groups in total. The highest BCUT2D eigenvalue weighted by Crippen LogP contribution is 2.36. The van der Waals surface area contributed by atoms with Crippen molar-refractivity contribution in [2.24, 2.45) is 0 Å². The molecular weight excluding hydrogens is 354 g/mol. The van der Waals surface area contributed by atoms with Crippen molar-refractivity contribution >= 4 is 17.6 Å². The Labute approximate surface area is 158 Å². The molecule has 0 bridgehead atoms. The number of nitrogens with zero attached hydrogens (tertiary/aromatic N) is 1. The van der Waals surface area contributed by atoms with Gasteiger partial charge in [0.1, 0.15) is 5.75 Å². The highest BCUT2D eigenvalue weighted by molar-refractivity contribution is 6.32. The monoisotopic (exact) mass is 373 g/mol. The van der Waals surface area contributed by atoms with Gasteiger partial charge in [0.15, 0.2) is 11.5 Å². The van der Waals surface area contributed by atoms with Crippen molar-refractivity contribution in [2.75, 3.05) is 13.2 Å². The topological polar surface area (TPSA) is 68.5 Å². The van der Waals surface area contributed by atoms with Crippen molar-refractivity contribution in [1.29, 1.82) is 5.26 Å². The number of esters is 1. The number of nitriles is 1. The molecule has 0 amide bonds. The summed E-state index contributed by atoms with van der Waals surface area (Å²) in [5.74, 6) is 0.777. The van der Waals surface area contributed by atoms with Crippen LogP contribution in [0.2, 0.25) is 5.02 Å². The maximum Gasteiger partial charge on any atom is 0.311 e. The predicted molar refractivity (Wildman–Crippen MR) is 98.9 cm³/mol. The van der Waals surface area contributed by atoms with Gasteiger partial charge >= 0.3 is 5.97 Å². The normalized spacial score (nSPS) is 10.1. The number of hydrogen-bond acceptors (Lipinski definition) is 5. The first-order valence-electron chi connectivity index (χ1n) is 8.30. The van der Waals surface area contributed by atoms with Gasteiger partial charge in [-0.3, -0.25) is 4.79 Å². The Morgan fingerprint density at radius 2 is 1.96 bits per heavy atom. The van der Waals surface area contributed by atoms with Crippen LogP contribution in [0, 0.1) is 18.3 Å². The Hall–Kier alpha value is -2.71. The van der Waals surface area contributed by atoms with Crippen LogP contribution in [0.15, 0.2) is 36.4 Å². The first kappa shape index (κ1) is 19.6. The first-order chi connectivity index (χ1) is 12.5. The number of aryl methyl sites for hydroxylation is 1. The Kier molecular flexibility index (Phi) is 7.31. The first-order valence-corrected chi connectivity index (χ1v) is 8.68. The molecule has 0 aliphatic rings. The van der Waals surface area contributed by atoms with Gasteiger partial charge in [-0.2, -0.15) is 5.26 Å². The van der Waals surface area contributed by atoms with Crippen LogP contribution in [0.4, 0.5) is 0 Å². The summed E-state index contributed by atoms with van der Waals surface area (Å²) in [7, 11) is 0. The minimum absolute atomic E-state index is 0.136. The van der Waals surface area contributed by atoms with Crippen molar-refractivity contribution in [3.63, 3.8) is 0 Å². The molecule has 2 aromatic rings. The van der Waals surface area contributed by atoms with Crippen molar-refractivity contribution in [3.8, 4) is 23.3 Å². The lowest BCUT2D eigenvalue weighted by Crippen LogP contribution is -2.11. The zero-order valence-electron chi connectivity index (χ0n) is 14.8. The number of para-hydroxylation sites is 1. The van der Waals surface area contributed by atoms with E-state index in [4.69, 9.17) is 31.1 Å². The third kappa shape index (κ3) is 5.40. The quantitative estimate of drug-likeness (QED) is 0.381. The van der Waals surface area contributed by atoms with Gasteiger partial charge in [0.05, 0.1) is 29.9 Å². The summed E-state index contributed by atoms with van der Waals surface area (Å²) in [4.78, 5) is 12.1. The highest BCUT2D eigenvalue weighted by Gasteiger charge is 2.16. The van der Waals surface area contributed by atoms with E-state index in [1.54, 1.807) is 6.92 Å². The minimum atomic E-state index is -0.439. The highest BCUT2D eigenvalue weighted by atomic mass is 35.5. The van der Waals surface area contributed by atoms with Gasteiger partial charge in [-0.25, -0.2) is 0 Å². The van der Waals surface area contributed by atoms with Gasteiger partial charge in [0, 0.05) is 12.5 Å². The van der Waals surface area contributed by atoms with E-state index < -0.39 is 5.97 Å². The molecule has 5 nitrogen and oxygen atoms in total. The van der Waals surface area contributed by atoms with Crippen molar-refractivity contribution < 1.29 is 19.0 Å². The molecule has 0 saturated carbocycles. The molecule has 0 atom stereocenters. The predicted octanol–water partition coefficient (Wildman–Crippen LogP) is 4.68. The largest absolute Gasteiger partial charge is 0.493 e. The maximum atomic E-state index is 12.1. The second-order valence-corrected chi connectivity index (χ2v) is 5.93. The van der Waals surface area contributed by atoms with Gasteiger partial charge in [-0.05, 0) is 38.0 Å². The molecule has 0 aliphatic heterocycles. The summed E-state index contributed by atoms with van der Waals surface area (Å²) in [5.41, 5.74) is 1.38. The summed E-state index contributed by atoms with van der Waals surface area (Å²) >= 11 is 6.12. The molecule has 6 heteroatoms. The molecule has 0 radical (unpaired) electrons. The number of benzene rings is 2. The zero-order valence-corrected chi connectivity index (χ0v) is 15.5. The summed E-state index contributed by atoms with van der Waals surface area (Å²) in [6.07, 6.45) is 0.679. The van der Waals surface area contributed by atoms with E-state index in [0.29, 0.717) is 25.2 Å². The fourth-order valence-corrected chi connectivity index (χ4v) is 2.53. The van der Waals surface area contributed by atoms with Crippen LogP contribution in [-0.2, 0) is 4.79 Å². The van der Waals surface area contributed by atoms with Crippen molar-refractivity contribution in [2.45, 2.75) is 26.7 Å². The van der Waals surface area contributed by atoms with Crippen LogP contribution >= 0.6 is 11.6 Å². The molecule has 26 heavy (non-hydrogen) atoms. The Balaban J connectivity index is 1.91. The van der Waals surface area contributed by atoms with Crippen molar-refractivity contribution in [3.05, 3.63) is 52.5 Å². The molecule has 0 saturated heterocycles. The average Bonchev–Trinajstić information content (AvgIpc) is 2.63. The van der Waals surface area contributed by atoms with Crippen LogP contribution in [0.25, 0.3) is 0 Å². The molecule has 0 spiro atoms. The summed E-state index contributed by atoms with van der Waals surface area (Å²) < 4.78 is 16.4. The fraction of sp³-hybridized carbons (Fsp3) is 0.300. The van der Waals surface area contributed by atoms with Crippen molar-refractivity contribution in [1.82, 2.24) is 0 Å². The molecule has 0 unspecified atom stereocenters. The van der Waals surface area contributed by atoms with E-state index in [2.05, 4.69) is 0 Å². The number of ether oxygens (including phenoxy) is 3. The minimum Gasteiger partial charge on any atom is -0.493 e. The summed E-state index contributed by atoms with van der Waals surface area (Å²) in [6.45, 7) is 4.52. The van der Waals surface area contributed by atoms with E-state index in [9.17, 15) is 4.79 Å². The third-order valence-electron chi connectivity index (χ3n) is 3.53. The molecule has 0 aromatic heterocycles. The second kappa shape index (κ2) is 9.69. The van der Waals surface area contributed by atoms with Crippen LogP contribution in [0.1, 0.15) is 30.9 Å². The van der Waals surface area contributed by atoms with Gasteiger partial charge < -0.3 is 14.2 Å². The molecule has 0 heterocycles. The number of carbonyl (C=O) groups excluding carboxylic acids is 1. The molecule has 0 aliphatic carbocycles. The average molecular weight is 374 g/mol. The Bertz CT molecular complexity index is 814. The lowest BCUT2D eigenvalue weighted by Gasteiger charge is -2.13.